The van der Waals surface area contributed by atoms with E-state index >= 15 is 0 Å². The molecule has 0 aromatic heterocycles. The van der Waals surface area contributed by atoms with Crippen LogP contribution in [-0.2, 0) is 14.8 Å². The van der Waals surface area contributed by atoms with Crippen LogP contribution in [0.4, 0.5) is 0 Å². The van der Waals surface area contributed by atoms with Crippen LogP contribution in [-0.4, -0.2) is 51.3 Å². The number of unbranched alkanes of at least 4 members (excludes halogenated alkanes) is 2. The Balaban J connectivity index is 1.11. The maximum Gasteiger partial charge on any atom is 0.263 e. The van der Waals surface area contributed by atoms with Gasteiger partial charge in [0.1, 0.15) is 11.6 Å². The number of carbonyl (C=O) groups excluding carboxylic acids is 1. The molecule has 0 atom stereocenters. The van der Waals surface area contributed by atoms with Crippen LogP contribution in [0.3, 0.4) is 0 Å². The molecule has 0 radical (unpaired) electrons. The van der Waals surface area contributed by atoms with Crippen molar-refractivity contribution < 1.29 is 17.9 Å². The SMILES string of the molecule is O=C(CCCCCN=C1NS(=O)(=O)c2ccccc21)N1CCC(COc2ccccc2)CC1. The van der Waals surface area contributed by atoms with Crippen molar-refractivity contribution in [1.29, 1.82) is 0 Å². The number of hydrogen-bond donors (Lipinski definition) is 1. The van der Waals surface area contributed by atoms with Crippen LogP contribution >= 0.6 is 0 Å². The topological polar surface area (TPSA) is 88.1 Å². The third-order valence-electron chi connectivity index (χ3n) is 6.18. The average Bonchev–Trinajstić information content (AvgIpc) is 3.11. The Morgan fingerprint density at radius 1 is 1.00 bits per heavy atom. The molecule has 1 N–H and O–H groups in total. The van der Waals surface area contributed by atoms with Crippen LogP contribution in [0.1, 0.15) is 44.1 Å². The number of carbonyl (C=O) groups is 1. The number of sulfonamides is 1. The number of amides is 1. The number of piperidine rings is 1. The minimum absolute atomic E-state index is 0.223. The van der Waals surface area contributed by atoms with E-state index in [-0.39, 0.29) is 10.8 Å². The monoisotopic (exact) mass is 469 g/mol. The first-order valence-electron chi connectivity index (χ1n) is 11.7. The van der Waals surface area contributed by atoms with Gasteiger partial charge in [-0.25, -0.2) is 8.42 Å². The highest BCUT2D eigenvalue weighted by molar-refractivity contribution is 7.90. The Morgan fingerprint density at radius 3 is 2.52 bits per heavy atom. The van der Waals surface area contributed by atoms with Gasteiger partial charge in [-0.05, 0) is 55.9 Å². The molecular weight excluding hydrogens is 438 g/mol. The first-order chi connectivity index (χ1) is 16.0. The van der Waals surface area contributed by atoms with E-state index in [4.69, 9.17) is 4.74 Å². The summed E-state index contributed by atoms with van der Waals surface area (Å²) < 4.78 is 32.6. The van der Waals surface area contributed by atoms with Crippen molar-refractivity contribution >= 4 is 21.8 Å². The normalized spacial score (nSPS) is 18.7. The number of benzene rings is 2. The second kappa shape index (κ2) is 10.8. The summed E-state index contributed by atoms with van der Waals surface area (Å²) in [6.45, 7) is 2.84. The highest BCUT2D eigenvalue weighted by atomic mass is 32.2. The van der Waals surface area contributed by atoms with E-state index in [9.17, 15) is 13.2 Å². The molecule has 2 aromatic rings. The van der Waals surface area contributed by atoms with Gasteiger partial charge in [0.2, 0.25) is 5.91 Å². The number of aliphatic imine (C=N–C) groups is 1. The lowest BCUT2D eigenvalue weighted by Crippen LogP contribution is -2.39. The maximum atomic E-state index is 12.5. The number of fused-ring (bicyclic) bond motifs is 1. The van der Waals surface area contributed by atoms with E-state index in [1.165, 1.54) is 0 Å². The quantitative estimate of drug-likeness (QED) is 0.569. The summed E-state index contributed by atoms with van der Waals surface area (Å²) >= 11 is 0. The summed E-state index contributed by atoms with van der Waals surface area (Å²) in [4.78, 5) is 19.2. The standard InChI is InChI=1S/C25H31N3O4S/c29-24(28-17-14-20(15-18-28)19-32-21-9-3-1-4-10-21)13-5-2-8-16-26-25-22-11-6-7-12-23(22)33(30,31)27-25/h1,3-4,6-7,9-12,20H,2,5,8,13-19H2,(H,26,27). The first kappa shape index (κ1) is 23.3. The third kappa shape index (κ3) is 6.13. The summed E-state index contributed by atoms with van der Waals surface area (Å²) in [7, 11) is -3.49. The fourth-order valence-electron chi connectivity index (χ4n) is 4.24. The number of nitrogens with one attached hydrogen (secondary N) is 1. The molecule has 2 heterocycles. The maximum absolute atomic E-state index is 12.5. The minimum Gasteiger partial charge on any atom is -0.493 e. The lowest BCUT2D eigenvalue weighted by Gasteiger charge is -2.32. The second-order valence-corrected chi connectivity index (χ2v) is 10.2. The number of hydrogen-bond acceptors (Lipinski definition) is 5. The van der Waals surface area contributed by atoms with Crippen LogP contribution in [0, 0.1) is 5.92 Å². The molecule has 0 unspecified atom stereocenters. The van der Waals surface area contributed by atoms with Gasteiger partial charge in [-0.3, -0.25) is 14.5 Å². The summed E-state index contributed by atoms with van der Waals surface area (Å²) in [6, 6.07) is 16.7. The molecule has 2 aliphatic rings. The molecule has 2 aliphatic heterocycles. The molecule has 7 nitrogen and oxygen atoms in total. The van der Waals surface area contributed by atoms with Gasteiger partial charge in [0.25, 0.3) is 10.0 Å². The zero-order valence-corrected chi connectivity index (χ0v) is 19.6. The van der Waals surface area contributed by atoms with Crippen LogP contribution in [0.25, 0.3) is 0 Å². The van der Waals surface area contributed by atoms with E-state index in [1.807, 2.05) is 41.3 Å². The summed E-state index contributed by atoms with van der Waals surface area (Å²) in [6.07, 6.45) is 5.04. The van der Waals surface area contributed by atoms with Crippen molar-refractivity contribution in [2.45, 2.75) is 43.4 Å². The van der Waals surface area contributed by atoms with E-state index in [1.54, 1.807) is 18.2 Å². The van der Waals surface area contributed by atoms with Gasteiger partial charge in [0.05, 0.1) is 11.5 Å². The largest absolute Gasteiger partial charge is 0.493 e. The minimum atomic E-state index is -3.49. The van der Waals surface area contributed by atoms with Crippen LogP contribution < -0.4 is 9.46 Å². The van der Waals surface area contributed by atoms with Crippen LogP contribution in [0.15, 0.2) is 64.5 Å². The predicted molar refractivity (Wildman–Crippen MR) is 128 cm³/mol. The molecule has 1 fully saturated rings. The lowest BCUT2D eigenvalue weighted by molar-refractivity contribution is -0.132. The van der Waals surface area contributed by atoms with Crippen LogP contribution in [0.2, 0.25) is 0 Å². The van der Waals surface area contributed by atoms with Crippen molar-refractivity contribution in [3.05, 3.63) is 60.2 Å². The van der Waals surface area contributed by atoms with Crippen LogP contribution in [0.5, 0.6) is 5.75 Å². The van der Waals surface area contributed by atoms with Gasteiger partial charge in [0.15, 0.2) is 0 Å². The number of nitrogens with zero attached hydrogens (tertiary/aromatic N) is 2. The fourth-order valence-corrected chi connectivity index (χ4v) is 5.50. The predicted octanol–water partition coefficient (Wildman–Crippen LogP) is 3.60. The zero-order chi connectivity index (χ0) is 23.1. The smallest absolute Gasteiger partial charge is 0.263 e. The average molecular weight is 470 g/mol. The van der Waals surface area contributed by atoms with E-state index < -0.39 is 10.0 Å². The number of amidine groups is 1. The highest BCUT2D eigenvalue weighted by Crippen LogP contribution is 2.23. The summed E-state index contributed by atoms with van der Waals surface area (Å²) in [5.41, 5.74) is 0.630. The molecule has 176 valence electrons. The summed E-state index contributed by atoms with van der Waals surface area (Å²) in [5.74, 6) is 2.03. The number of rotatable bonds is 9. The molecule has 0 saturated carbocycles. The zero-order valence-electron chi connectivity index (χ0n) is 18.8. The molecule has 0 bridgehead atoms. The summed E-state index contributed by atoms with van der Waals surface area (Å²) in [5, 5.41) is 0. The third-order valence-corrected chi connectivity index (χ3v) is 7.57. The van der Waals surface area contributed by atoms with E-state index in [0.29, 0.717) is 36.9 Å². The molecule has 2 aromatic carbocycles. The Bertz CT molecular complexity index is 1080. The molecule has 4 rings (SSSR count). The number of para-hydroxylation sites is 1. The molecule has 8 heteroatoms. The highest BCUT2D eigenvalue weighted by Gasteiger charge is 2.29. The molecular formula is C25H31N3O4S. The van der Waals surface area contributed by atoms with E-state index in [0.717, 1.165) is 50.9 Å². The van der Waals surface area contributed by atoms with E-state index in [2.05, 4.69) is 9.71 Å². The molecule has 0 aliphatic carbocycles. The molecule has 1 amide bonds. The molecule has 33 heavy (non-hydrogen) atoms. The van der Waals surface area contributed by atoms with Gasteiger partial charge in [-0.15, -0.1) is 0 Å². The van der Waals surface area contributed by atoms with Crippen molar-refractivity contribution in [3.8, 4) is 5.75 Å². The Morgan fingerprint density at radius 2 is 1.73 bits per heavy atom. The fraction of sp³-hybridized carbons (Fsp3) is 0.440. The molecule has 0 spiro atoms. The van der Waals surface area contributed by atoms with Gasteiger partial charge in [-0.2, -0.15) is 0 Å². The van der Waals surface area contributed by atoms with Gasteiger partial charge >= 0.3 is 0 Å². The lowest BCUT2D eigenvalue weighted by atomic mass is 9.97. The van der Waals surface area contributed by atoms with Crippen molar-refractivity contribution in [3.63, 3.8) is 0 Å². The van der Waals surface area contributed by atoms with Crippen molar-refractivity contribution in [2.24, 2.45) is 10.9 Å². The Labute approximate surface area is 195 Å². The van der Waals surface area contributed by atoms with Gasteiger partial charge < -0.3 is 9.64 Å². The Kier molecular flexibility index (Phi) is 7.65. The number of likely N-dealkylation sites (tertiary alicyclic amines) is 1. The molecule has 1 saturated heterocycles. The first-order valence-corrected chi connectivity index (χ1v) is 13.1. The van der Waals surface area contributed by atoms with Gasteiger partial charge in [0, 0.05) is 31.6 Å². The Hall–Kier alpha value is -2.87. The van der Waals surface area contributed by atoms with Crippen molar-refractivity contribution in [1.82, 2.24) is 9.62 Å². The van der Waals surface area contributed by atoms with Gasteiger partial charge in [-0.1, -0.05) is 36.8 Å². The second-order valence-electron chi connectivity index (χ2n) is 8.59. The van der Waals surface area contributed by atoms with Crippen molar-refractivity contribution in [2.75, 3.05) is 26.2 Å². The number of ether oxygens (including phenoxy) is 1.